The van der Waals surface area contributed by atoms with Crippen LogP contribution in [0, 0.1) is 11.3 Å². The first-order valence-corrected chi connectivity index (χ1v) is 4.99. The molecule has 2 N–H and O–H groups in total. The van der Waals surface area contributed by atoms with Gasteiger partial charge in [0.15, 0.2) is 6.29 Å². The Bertz CT molecular complexity index is 196. The lowest BCUT2D eigenvalue weighted by Gasteiger charge is -2.32. The van der Waals surface area contributed by atoms with Gasteiger partial charge in [-0.1, -0.05) is 26.0 Å². The van der Waals surface area contributed by atoms with Gasteiger partial charge in [0.05, 0.1) is 0 Å². The van der Waals surface area contributed by atoms with E-state index in [0.29, 0.717) is 5.92 Å². The number of aliphatic hydroxyl groups excluding tert-OH is 1. The first-order chi connectivity index (χ1) is 5.96. The second kappa shape index (κ2) is 3.81. The van der Waals surface area contributed by atoms with Crippen LogP contribution in [0.2, 0.25) is 0 Å². The molecule has 2 nitrogen and oxygen atoms in total. The highest BCUT2D eigenvalue weighted by Crippen LogP contribution is 2.47. The lowest BCUT2D eigenvalue weighted by Crippen LogP contribution is -2.33. The molecule has 1 unspecified atom stereocenters. The Labute approximate surface area is 80.3 Å². The van der Waals surface area contributed by atoms with Crippen molar-refractivity contribution in [3.63, 3.8) is 0 Å². The molecule has 1 atom stereocenters. The second-order valence-electron chi connectivity index (χ2n) is 4.76. The Morgan fingerprint density at radius 1 is 1.46 bits per heavy atom. The van der Waals surface area contributed by atoms with Crippen molar-refractivity contribution in [2.75, 3.05) is 0 Å². The van der Waals surface area contributed by atoms with Crippen molar-refractivity contribution in [2.45, 2.75) is 45.8 Å². The van der Waals surface area contributed by atoms with Crippen molar-refractivity contribution in [1.82, 2.24) is 0 Å². The third kappa shape index (κ3) is 2.32. The highest BCUT2D eigenvalue weighted by Gasteiger charge is 2.41. The quantitative estimate of drug-likeness (QED) is 0.520. The average Bonchev–Trinajstić information content (AvgIpc) is 2.31. The van der Waals surface area contributed by atoms with E-state index in [-0.39, 0.29) is 5.41 Å². The predicted molar refractivity (Wildman–Crippen MR) is 53.1 cm³/mol. The molecule has 0 saturated heterocycles. The van der Waals surface area contributed by atoms with Gasteiger partial charge in [-0.15, -0.1) is 0 Å². The molecule has 0 aromatic carbocycles. The number of allylic oxidation sites excluding steroid dienone is 1. The molecule has 0 amide bonds. The molecule has 0 aromatic heterocycles. The maximum Gasteiger partial charge on any atom is 0.157 e. The van der Waals surface area contributed by atoms with E-state index in [4.69, 9.17) is 0 Å². The molecule has 1 rings (SSSR count). The van der Waals surface area contributed by atoms with Crippen LogP contribution in [-0.2, 0) is 0 Å². The van der Waals surface area contributed by atoms with Crippen LogP contribution in [0.3, 0.4) is 0 Å². The molecule has 2 heteroatoms. The van der Waals surface area contributed by atoms with Gasteiger partial charge in [-0.25, -0.2) is 0 Å². The maximum atomic E-state index is 9.38. The lowest BCUT2D eigenvalue weighted by molar-refractivity contribution is -0.139. The van der Waals surface area contributed by atoms with E-state index >= 15 is 0 Å². The summed E-state index contributed by atoms with van der Waals surface area (Å²) in [6.45, 7) is 8.15. The number of hydrogen-bond donors (Lipinski definition) is 2. The second-order valence-corrected chi connectivity index (χ2v) is 4.76. The first kappa shape index (κ1) is 10.7. The minimum absolute atomic E-state index is 0.300. The monoisotopic (exact) mass is 184 g/mol. The molecule has 13 heavy (non-hydrogen) atoms. The molecule has 76 valence electrons. The summed E-state index contributed by atoms with van der Waals surface area (Å²) in [7, 11) is 0. The zero-order valence-corrected chi connectivity index (χ0v) is 8.58. The van der Waals surface area contributed by atoms with Gasteiger partial charge in [0.2, 0.25) is 0 Å². The average molecular weight is 184 g/mol. The predicted octanol–water partition coefficient (Wildman–Crippen LogP) is 2.07. The van der Waals surface area contributed by atoms with E-state index in [9.17, 15) is 10.2 Å². The summed E-state index contributed by atoms with van der Waals surface area (Å²) in [4.78, 5) is 0. The zero-order chi connectivity index (χ0) is 10.1. The lowest BCUT2D eigenvalue weighted by atomic mass is 9.78. The van der Waals surface area contributed by atoms with Gasteiger partial charge in [0.25, 0.3) is 0 Å². The Balaban J connectivity index is 2.71. The van der Waals surface area contributed by atoms with Crippen LogP contribution < -0.4 is 0 Å². The van der Waals surface area contributed by atoms with Gasteiger partial charge in [-0.2, -0.15) is 0 Å². The molecule has 1 aliphatic rings. The SMILES string of the molecule is C=C1CCC(CC(C)C)(C(O)O)C1. The molecular weight excluding hydrogens is 164 g/mol. The fourth-order valence-corrected chi connectivity index (χ4v) is 2.41. The standard InChI is InChI=1S/C11H20O2/c1-8(2)6-11(10(12)13)5-4-9(3)7-11/h8,10,12-13H,3-7H2,1-2H3. The Morgan fingerprint density at radius 3 is 2.38 bits per heavy atom. The van der Waals surface area contributed by atoms with Gasteiger partial charge in [0, 0.05) is 5.41 Å². The number of hydrogen-bond acceptors (Lipinski definition) is 2. The van der Waals surface area contributed by atoms with E-state index in [0.717, 1.165) is 31.3 Å². The highest BCUT2D eigenvalue weighted by atomic mass is 16.5. The van der Waals surface area contributed by atoms with E-state index in [1.54, 1.807) is 0 Å². The normalized spacial score (nSPS) is 29.2. The smallest absolute Gasteiger partial charge is 0.157 e. The molecule has 0 heterocycles. The molecule has 1 saturated carbocycles. The summed E-state index contributed by atoms with van der Waals surface area (Å²) in [5.74, 6) is 0.507. The molecule has 0 radical (unpaired) electrons. The number of aliphatic hydroxyl groups is 2. The van der Waals surface area contributed by atoms with E-state index < -0.39 is 6.29 Å². The highest BCUT2D eigenvalue weighted by molar-refractivity contribution is 5.09. The van der Waals surface area contributed by atoms with Gasteiger partial charge in [0.1, 0.15) is 0 Å². The first-order valence-electron chi connectivity index (χ1n) is 4.99. The molecule has 1 aliphatic carbocycles. The summed E-state index contributed by atoms with van der Waals surface area (Å²) < 4.78 is 0. The fourth-order valence-electron chi connectivity index (χ4n) is 2.41. The molecule has 0 aliphatic heterocycles. The van der Waals surface area contributed by atoms with Crippen LogP contribution in [0.15, 0.2) is 12.2 Å². The summed E-state index contributed by atoms with van der Waals surface area (Å²) in [6.07, 6.45) is 2.30. The Kier molecular flexibility index (Phi) is 3.14. The van der Waals surface area contributed by atoms with Crippen molar-refractivity contribution in [2.24, 2.45) is 11.3 Å². The van der Waals surface area contributed by atoms with E-state index in [1.807, 2.05) is 0 Å². The molecular formula is C11H20O2. The van der Waals surface area contributed by atoms with E-state index in [2.05, 4.69) is 20.4 Å². The van der Waals surface area contributed by atoms with Crippen molar-refractivity contribution < 1.29 is 10.2 Å². The summed E-state index contributed by atoms with van der Waals surface area (Å²) >= 11 is 0. The third-order valence-corrected chi connectivity index (χ3v) is 2.94. The van der Waals surface area contributed by atoms with E-state index in [1.165, 1.54) is 0 Å². The van der Waals surface area contributed by atoms with Crippen LogP contribution in [-0.4, -0.2) is 16.5 Å². The van der Waals surface area contributed by atoms with Crippen LogP contribution in [0.4, 0.5) is 0 Å². The number of rotatable bonds is 3. The largest absolute Gasteiger partial charge is 0.368 e. The van der Waals surface area contributed by atoms with Gasteiger partial charge < -0.3 is 10.2 Å². The van der Waals surface area contributed by atoms with Crippen LogP contribution >= 0.6 is 0 Å². The van der Waals surface area contributed by atoms with Crippen molar-refractivity contribution in [3.05, 3.63) is 12.2 Å². The molecule has 0 bridgehead atoms. The maximum absolute atomic E-state index is 9.38. The van der Waals surface area contributed by atoms with Gasteiger partial charge >= 0.3 is 0 Å². The van der Waals surface area contributed by atoms with Gasteiger partial charge in [-0.05, 0) is 31.6 Å². The molecule has 0 spiro atoms. The van der Waals surface area contributed by atoms with Crippen LogP contribution in [0.1, 0.15) is 39.5 Å². The van der Waals surface area contributed by atoms with Crippen molar-refractivity contribution >= 4 is 0 Å². The zero-order valence-electron chi connectivity index (χ0n) is 8.58. The fraction of sp³-hybridized carbons (Fsp3) is 0.818. The Hall–Kier alpha value is -0.340. The Morgan fingerprint density at radius 2 is 2.08 bits per heavy atom. The van der Waals surface area contributed by atoms with Crippen molar-refractivity contribution in [1.29, 1.82) is 0 Å². The molecule has 0 aromatic rings. The summed E-state index contributed by atoms with van der Waals surface area (Å²) in [5.41, 5.74) is 0.861. The topological polar surface area (TPSA) is 40.5 Å². The molecule has 1 fully saturated rings. The minimum atomic E-state index is -1.19. The summed E-state index contributed by atoms with van der Waals surface area (Å²) in [6, 6.07) is 0. The minimum Gasteiger partial charge on any atom is -0.368 e. The third-order valence-electron chi connectivity index (χ3n) is 2.94. The van der Waals surface area contributed by atoms with Crippen LogP contribution in [0.5, 0.6) is 0 Å². The summed E-state index contributed by atoms with van der Waals surface area (Å²) in [5, 5.41) is 18.8. The van der Waals surface area contributed by atoms with Crippen molar-refractivity contribution in [3.8, 4) is 0 Å². The van der Waals surface area contributed by atoms with Gasteiger partial charge in [-0.3, -0.25) is 0 Å². The van der Waals surface area contributed by atoms with Crippen LogP contribution in [0.25, 0.3) is 0 Å².